The minimum absolute atomic E-state index is 0.168. The van der Waals surface area contributed by atoms with Gasteiger partial charge in [-0.1, -0.05) is 24.3 Å². The molecule has 30 heavy (non-hydrogen) atoms. The van der Waals surface area contributed by atoms with Crippen LogP contribution in [0.4, 0.5) is 5.69 Å². The molecule has 3 rings (SSSR count). The Balaban J connectivity index is 1.66. The van der Waals surface area contributed by atoms with Crippen molar-refractivity contribution in [2.24, 2.45) is 5.10 Å². The molecule has 1 amide bonds. The van der Waals surface area contributed by atoms with E-state index in [4.69, 9.17) is 0 Å². The highest BCUT2D eigenvalue weighted by Crippen LogP contribution is 2.25. The number of benzene rings is 2. The first kappa shape index (κ1) is 21.4. The van der Waals surface area contributed by atoms with Gasteiger partial charge in [-0.3, -0.25) is 4.79 Å². The SMILES string of the molecule is Cc1ccc(NCC(=O)N/N=C/c2cc(C)n(-c3c(C)cccc3C)c2C)cc1C. The Kier molecular flexibility index (Phi) is 6.40. The molecule has 0 radical (unpaired) electrons. The average molecular weight is 403 g/mol. The van der Waals surface area contributed by atoms with Crippen LogP contribution in [-0.2, 0) is 4.79 Å². The molecule has 0 spiro atoms. The summed E-state index contributed by atoms with van der Waals surface area (Å²) in [5, 5.41) is 7.29. The van der Waals surface area contributed by atoms with E-state index in [0.29, 0.717) is 0 Å². The molecule has 0 aliphatic carbocycles. The number of amides is 1. The van der Waals surface area contributed by atoms with Crippen molar-refractivity contribution < 1.29 is 4.79 Å². The van der Waals surface area contributed by atoms with E-state index >= 15 is 0 Å². The lowest BCUT2D eigenvalue weighted by molar-refractivity contribution is -0.119. The number of rotatable bonds is 6. The minimum atomic E-state index is -0.187. The van der Waals surface area contributed by atoms with Gasteiger partial charge in [-0.15, -0.1) is 0 Å². The summed E-state index contributed by atoms with van der Waals surface area (Å²) < 4.78 is 2.25. The molecule has 0 atom stereocenters. The number of carbonyl (C=O) groups excluding carboxylic acids is 1. The van der Waals surface area contributed by atoms with E-state index in [1.807, 2.05) is 18.2 Å². The van der Waals surface area contributed by atoms with E-state index in [-0.39, 0.29) is 12.5 Å². The second-order valence-electron chi connectivity index (χ2n) is 7.85. The fourth-order valence-electron chi connectivity index (χ4n) is 3.67. The number of anilines is 1. The number of hydrogen-bond donors (Lipinski definition) is 2. The zero-order valence-corrected chi connectivity index (χ0v) is 18.6. The molecule has 0 bridgehead atoms. The van der Waals surface area contributed by atoms with Crippen LogP contribution in [-0.4, -0.2) is 23.2 Å². The monoisotopic (exact) mass is 402 g/mol. The number of carbonyl (C=O) groups is 1. The third kappa shape index (κ3) is 4.62. The van der Waals surface area contributed by atoms with Gasteiger partial charge in [0.25, 0.3) is 5.91 Å². The molecule has 0 aliphatic rings. The molecule has 2 N–H and O–H groups in total. The summed E-state index contributed by atoms with van der Waals surface area (Å²) in [5.74, 6) is -0.187. The van der Waals surface area contributed by atoms with E-state index in [1.54, 1.807) is 6.21 Å². The largest absolute Gasteiger partial charge is 0.376 e. The van der Waals surface area contributed by atoms with Crippen LogP contribution in [0.25, 0.3) is 5.69 Å². The Morgan fingerprint density at radius 1 is 0.933 bits per heavy atom. The van der Waals surface area contributed by atoms with Gasteiger partial charge < -0.3 is 9.88 Å². The van der Waals surface area contributed by atoms with Crippen LogP contribution in [0.3, 0.4) is 0 Å². The third-order valence-corrected chi connectivity index (χ3v) is 5.49. The van der Waals surface area contributed by atoms with Gasteiger partial charge in [0, 0.05) is 22.6 Å². The number of aryl methyl sites for hydroxylation is 5. The Morgan fingerprint density at radius 3 is 2.30 bits per heavy atom. The Labute approximate surface area is 178 Å². The van der Waals surface area contributed by atoms with Gasteiger partial charge in [-0.25, -0.2) is 5.43 Å². The van der Waals surface area contributed by atoms with Crippen molar-refractivity contribution in [2.45, 2.75) is 41.5 Å². The van der Waals surface area contributed by atoms with Crippen LogP contribution < -0.4 is 10.7 Å². The van der Waals surface area contributed by atoms with Crippen molar-refractivity contribution in [3.8, 4) is 5.69 Å². The summed E-state index contributed by atoms with van der Waals surface area (Å²) in [5.41, 5.74) is 12.8. The van der Waals surface area contributed by atoms with Crippen LogP contribution in [0.15, 0.2) is 47.6 Å². The molecule has 3 aromatic rings. The fourth-order valence-corrected chi connectivity index (χ4v) is 3.67. The molecule has 0 saturated carbocycles. The number of hydrazone groups is 1. The molecule has 5 heteroatoms. The summed E-state index contributed by atoms with van der Waals surface area (Å²) in [6.45, 7) is 12.7. The van der Waals surface area contributed by atoms with Gasteiger partial charge in [-0.05, 0) is 82.0 Å². The highest BCUT2D eigenvalue weighted by Gasteiger charge is 2.13. The molecular formula is C25H30N4O. The smallest absolute Gasteiger partial charge is 0.259 e. The normalized spacial score (nSPS) is 11.1. The molecule has 156 valence electrons. The first-order valence-electron chi connectivity index (χ1n) is 10.2. The quantitative estimate of drug-likeness (QED) is 0.456. The Bertz CT molecular complexity index is 1090. The van der Waals surface area contributed by atoms with Gasteiger partial charge >= 0.3 is 0 Å². The first-order valence-corrected chi connectivity index (χ1v) is 10.2. The van der Waals surface area contributed by atoms with Crippen molar-refractivity contribution in [3.63, 3.8) is 0 Å². The molecule has 0 fully saturated rings. The molecule has 0 aliphatic heterocycles. The second kappa shape index (κ2) is 8.99. The number of hydrogen-bond acceptors (Lipinski definition) is 3. The zero-order valence-electron chi connectivity index (χ0n) is 18.6. The molecule has 1 heterocycles. The summed E-state index contributed by atoms with van der Waals surface area (Å²) >= 11 is 0. The highest BCUT2D eigenvalue weighted by molar-refractivity contribution is 5.85. The predicted octanol–water partition coefficient (Wildman–Crippen LogP) is 4.89. The van der Waals surface area contributed by atoms with E-state index in [0.717, 1.165) is 22.6 Å². The molecular weight excluding hydrogens is 372 g/mol. The maximum atomic E-state index is 12.1. The Hall–Kier alpha value is -3.34. The van der Waals surface area contributed by atoms with Gasteiger partial charge in [0.1, 0.15) is 0 Å². The maximum absolute atomic E-state index is 12.1. The van der Waals surface area contributed by atoms with Crippen molar-refractivity contribution in [1.82, 2.24) is 9.99 Å². The summed E-state index contributed by atoms with van der Waals surface area (Å²) in [6, 6.07) is 14.5. The third-order valence-electron chi connectivity index (χ3n) is 5.49. The zero-order chi connectivity index (χ0) is 21.8. The number of aromatic nitrogens is 1. The van der Waals surface area contributed by atoms with E-state index < -0.39 is 0 Å². The lowest BCUT2D eigenvalue weighted by Crippen LogP contribution is -2.25. The lowest BCUT2D eigenvalue weighted by Gasteiger charge is -2.15. The topological polar surface area (TPSA) is 58.4 Å². The van der Waals surface area contributed by atoms with E-state index in [1.165, 1.54) is 27.9 Å². The van der Waals surface area contributed by atoms with Crippen LogP contribution in [0.1, 0.15) is 39.2 Å². The van der Waals surface area contributed by atoms with Gasteiger partial charge in [0.2, 0.25) is 0 Å². The van der Waals surface area contributed by atoms with Crippen molar-refractivity contribution in [2.75, 3.05) is 11.9 Å². The van der Waals surface area contributed by atoms with E-state index in [2.05, 4.69) is 86.2 Å². The van der Waals surface area contributed by atoms with Gasteiger partial charge in [-0.2, -0.15) is 5.10 Å². The molecule has 1 aromatic heterocycles. The molecule has 2 aromatic carbocycles. The standard InChI is InChI=1S/C25H30N4O/c1-16-10-11-23(12-19(16)4)26-15-24(30)28-27-14-22-13-20(5)29(21(22)6)25-17(2)8-7-9-18(25)3/h7-14,26H,15H2,1-6H3,(H,28,30)/b27-14+. The van der Waals surface area contributed by atoms with Gasteiger partial charge in [0.15, 0.2) is 0 Å². The van der Waals surface area contributed by atoms with Crippen LogP contribution in [0, 0.1) is 41.5 Å². The van der Waals surface area contributed by atoms with Crippen molar-refractivity contribution in [1.29, 1.82) is 0 Å². The second-order valence-corrected chi connectivity index (χ2v) is 7.85. The first-order chi connectivity index (χ1) is 14.3. The summed E-state index contributed by atoms with van der Waals surface area (Å²) in [7, 11) is 0. The van der Waals surface area contributed by atoms with E-state index in [9.17, 15) is 4.79 Å². The molecule has 0 unspecified atom stereocenters. The predicted molar refractivity (Wildman–Crippen MR) is 125 cm³/mol. The average Bonchev–Trinajstić information content (AvgIpc) is 2.97. The number of nitrogens with one attached hydrogen (secondary N) is 2. The maximum Gasteiger partial charge on any atom is 0.259 e. The van der Waals surface area contributed by atoms with Crippen LogP contribution in [0.2, 0.25) is 0 Å². The fraction of sp³-hybridized carbons (Fsp3) is 0.280. The number of nitrogens with zero attached hydrogens (tertiary/aromatic N) is 2. The highest BCUT2D eigenvalue weighted by atomic mass is 16.2. The van der Waals surface area contributed by atoms with Gasteiger partial charge in [0.05, 0.1) is 18.4 Å². The minimum Gasteiger partial charge on any atom is -0.376 e. The van der Waals surface area contributed by atoms with Crippen molar-refractivity contribution >= 4 is 17.8 Å². The summed E-state index contributed by atoms with van der Waals surface area (Å²) in [6.07, 6.45) is 1.71. The van der Waals surface area contributed by atoms with Crippen LogP contribution in [0.5, 0.6) is 0 Å². The Morgan fingerprint density at radius 2 is 1.63 bits per heavy atom. The number of para-hydroxylation sites is 1. The molecule has 0 saturated heterocycles. The van der Waals surface area contributed by atoms with Crippen LogP contribution >= 0.6 is 0 Å². The lowest BCUT2D eigenvalue weighted by atomic mass is 10.1. The molecule has 5 nitrogen and oxygen atoms in total. The van der Waals surface area contributed by atoms with Crippen molar-refractivity contribution in [3.05, 3.63) is 81.7 Å². The summed E-state index contributed by atoms with van der Waals surface area (Å²) in [4.78, 5) is 12.1.